The average molecular weight is 372 g/mol. The number of fused-ring (bicyclic) bond motifs is 1. The summed E-state index contributed by atoms with van der Waals surface area (Å²) in [5, 5.41) is 19.6. The first-order valence-electron chi connectivity index (χ1n) is 8.59. The molecule has 2 aliphatic rings. The van der Waals surface area contributed by atoms with Crippen molar-refractivity contribution in [2.75, 3.05) is 20.8 Å². The van der Waals surface area contributed by atoms with Gasteiger partial charge in [-0.1, -0.05) is 12.1 Å². The van der Waals surface area contributed by atoms with Crippen molar-refractivity contribution in [3.8, 4) is 23.0 Å². The number of rotatable bonds is 4. The third kappa shape index (κ3) is 2.84. The van der Waals surface area contributed by atoms with Crippen molar-refractivity contribution in [1.82, 2.24) is 0 Å². The lowest BCUT2D eigenvalue weighted by molar-refractivity contribution is -0.148. The standard InChI is InChI=1S/C20H20O7/c1-24-15-7-10(3-5-13(15)21)18-12-9-26-19(17(12)20(23)27-18)11-4-6-14(22)16(8-11)25-2/h3-8,12,17-19,21-22H,9H2,1-2H3/t12-,17+,18+,19-/m1/s1. The molecule has 0 aliphatic carbocycles. The van der Waals surface area contributed by atoms with Crippen LogP contribution in [0, 0.1) is 11.8 Å². The number of aromatic hydroxyl groups is 2. The minimum Gasteiger partial charge on any atom is -0.504 e. The average Bonchev–Trinajstić information content (AvgIpc) is 3.24. The summed E-state index contributed by atoms with van der Waals surface area (Å²) in [7, 11) is 2.93. The summed E-state index contributed by atoms with van der Waals surface area (Å²) in [4.78, 5) is 12.6. The normalized spacial score (nSPS) is 26.5. The first kappa shape index (κ1) is 17.5. The zero-order valence-electron chi connectivity index (χ0n) is 14.9. The van der Waals surface area contributed by atoms with Gasteiger partial charge in [0.15, 0.2) is 23.0 Å². The monoisotopic (exact) mass is 372 g/mol. The van der Waals surface area contributed by atoms with Crippen LogP contribution in [0.4, 0.5) is 0 Å². The van der Waals surface area contributed by atoms with E-state index in [-0.39, 0.29) is 23.4 Å². The third-order valence-electron chi connectivity index (χ3n) is 5.22. The molecule has 0 amide bonds. The molecule has 2 saturated heterocycles. The van der Waals surface area contributed by atoms with E-state index in [1.165, 1.54) is 26.4 Å². The Labute approximate surface area is 156 Å². The van der Waals surface area contributed by atoms with Crippen LogP contribution < -0.4 is 9.47 Å². The molecule has 142 valence electrons. The SMILES string of the molecule is COc1cc([C@H]2OC[C@@H]3[C@@H]2C(=O)O[C@H]3c2ccc(O)c(OC)c2)ccc1O. The Morgan fingerprint density at radius 1 is 0.926 bits per heavy atom. The van der Waals surface area contributed by atoms with Gasteiger partial charge in [0.2, 0.25) is 0 Å². The van der Waals surface area contributed by atoms with Crippen LogP contribution in [0.5, 0.6) is 23.0 Å². The van der Waals surface area contributed by atoms with Gasteiger partial charge in [-0.3, -0.25) is 4.79 Å². The molecule has 0 unspecified atom stereocenters. The molecule has 7 heteroatoms. The van der Waals surface area contributed by atoms with E-state index in [1.54, 1.807) is 24.3 Å². The second kappa shape index (κ2) is 6.66. The topological polar surface area (TPSA) is 94.5 Å². The lowest BCUT2D eigenvalue weighted by Gasteiger charge is -2.16. The lowest BCUT2D eigenvalue weighted by Crippen LogP contribution is -2.17. The maximum Gasteiger partial charge on any atom is 0.313 e. The minimum atomic E-state index is -0.471. The van der Waals surface area contributed by atoms with E-state index in [4.69, 9.17) is 18.9 Å². The van der Waals surface area contributed by atoms with Crippen molar-refractivity contribution in [3.63, 3.8) is 0 Å². The van der Waals surface area contributed by atoms with Gasteiger partial charge in [0.05, 0.1) is 32.8 Å². The molecule has 2 aromatic carbocycles. The van der Waals surface area contributed by atoms with E-state index >= 15 is 0 Å². The number of carbonyl (C=O) groups is 1. The first-order chi connectivity index (χ1) is 13.0. The van der Waals surface area contributed by atoms with Crippen LogP contribution in [0.3, 0.4) is 0 Å². The second-order valence-corrected chi connectivity index (χ2v) is 6.66. The highest BCUT2D eigenvalue weighted by atomic mass is 16.6. The second-order valence-electron chi connectivity index (χ2n) is 6.66. The van der Waals surface area contributed by atoms with Gasteiger partial charge in [-0.25, -0.2) is 0 Å². The number of hydrogen-bond donors (Lipinski definition) is 2. The quantitative estimate of drug-likeness (QED) is 0.797. The summed E-state index contributed by atoms with van der Waals surface area (Å²) < 4.78 is 21.9. The highest BCUT2D eigenvalue weighted by Crippen LogP contribution is 2.52. The predicted molar refractivity (Wildman–Crippen MR) is 93.8 cm³/mol. The van der Waals surface area contributed by atoms with Crippen LogP contribution in [-0.2, 0) is 14.3 Å². The highest BCUT2D eigenvalue weighted by molar-refractivity contribution is 5.77. The van der Waals surface area contributed by atoms with Crippen LogP contribution in [0.2, 0.25) is 0 Å². The van der Waals surface area contributed by atoms with Crippen molar-refractivity contribution in [2.45, 2.75) is 12.2 Å². The number of phenolic OH excluding ortho intramolecular Hbond substituents is 2. The van der Waals surface area contributed by atoms with E-state index in [1.807, 2.05) is 0 Å². The Kier molecular flexibility index (Phi) is 4.31. The number of methoxy groups -OCH3 is 2. The van der Waals surface area contributed by atoms with Gasteiger partial charge in [0, 0.05) is 5.92 Å². The molecule has 27 heavy (non-hydrogen) atoms. The molecule has 2 aliphatic heterocycles. The largest absolute Gasteiger partial charge is 0.504 e. The van der Waals surface area contributed by atoms with Gasteiger partial charge < -0.3 is 29.2 Å². The van der Waals surface area contributed by atoms with E-state index in [0.717, 1.165) is 11.1 Å². The Hall–Kier alpha value is -2.93. The summed E-state index contributed by atoms with van der Waals surface area (Å²) in [5.41, 5.74) is 1.50. The number of ether oxygens (including phenoxy) is 4. The van der Waals surface area contributed by atoms with Gasteiger partial charge in [-0.05, 0) is 35.4 Å². The fraction of sp³-hybridized carbons (Fsp3) is 0.350. The van der Waals surface area contributed by atoms with E-state index in [0.29, 0.717) is 18.1 Å². The molecular weight excluding hydrogens is 352 g/mol. The van der Waals surface area contributed by atoms with Crippen LogP contribution in [0.15, 0.2) is 36.4 Å². The molecule has 7 nitrogen and oxygen atoms in total. The molecule has 0 bridgehead atoms. The van der Waals surface area contributed by atoms with E-state index in [9.17, 15) is 15.0 Å². The molecule has 4 rings (SSSR count). The van der Waals surface area contributed by atoms with Crippen LogP contribution in [0.25, 0.3) is 0 Å². The maximum atomic E-state index is 12.6. The molecule has 4 atom stereocenters. The summed E-state index contributed by atoms with van der Waals surface area (Å²) >= 11 is 0. The Balaban J connectivity index is 1.64. The van der Waals surface area contributed by atoms with Crippen LogP contribution >= 0.6 is 0 Å². The van der Waals surface area contributed by atoms with Crippen LogP contribution in [0.1, 0.15) is 23.3 Å². The van der Waals surface area contributed by atoms with E-state index in [2.05, 4.69) is 0 Å². The molecule has 2 aromatic rings. The zero-order chi connectivity index (χ0) is 19.1. The summed E-state index contributed by atoms with van der Waals surface area (Å²) in [6.07, 6.45) is -0.943. The minimum absolute atomic E-state index is 0.0267. The Morgan fingerprint density at radius 3 is 2.04 bits per heavy atom. The van der Waals surface area contributed by atoms with Crippen molar-refractivity contribution >= 4 is 5.97 Å². The van der Waals surface area contributed by atoms with Gasteiger partial charge in [-0.2, -0.15) is 0 Å². The summed E-state index contributed by atoms with van der Waals surface area (Å²) in [5.74, 6) is -0.235. The molecule has 2 N–H and O–H groups in total. The fourth-order valence-electron chi connectivity index (χ4n) is 3.87. The number of carbonyl (C=O) groups excluding carboxylic acids is 1. The summed E-state index contributed by atoms with van der Waals surface area (Å²) in [6, 6.07) is 9.82. The molecule has 2 fully saturated rings. The zero-order valence-corrected chi connectivity index (χ0v) is 14.9. The first-order valence-corrected chi connectivity index (χ1v) is 8.59. The van der Waals surface area contributed by atoms with Gasteiger partial charge in [-0.15, -0.1) is 0 Å². The molecule has 0 aromatic heterocycles. The van der Waals surface area contributed by atoms with Gasteiger partial charge in [0.1, 0.15) is 6.10 Å². The van der Waals surface area contributed by atoms with Crippen LogP contribution in [-0.4, -0.2) is 37.0 Å². The van der Waals surface area contributed by atoms with Gasteiger partial charge in [0.25, 0.3) is 0 Å². The van der Waals surface area contributed by atoms with Crippen molar-refractivity contribution in [3.05, 3.63) is 47.5 Å². The number of hydrogen-bond acceptors (Lipinski definition) is 7. The number of esters is 1. The van der Waals surface area contributed by atoms with Crippen molar-refractivity contribution in [1.29, 1.82) is 0 Å². The third-order valence-corrected chi connectivity index (χ3v) is 5.22. The van der Waals surface area contributed by atoms with Crippen molar-refractivity contribution in [2.24, 2.45) is 11.8 Å². The molecule has 2 heterocycles. The summed E-state index contributed by atoms with van der Waals surface area (Å²) in [6.45, 7) is 0.359. The highest BCUT2D eigenvalue weighted by Gasteiger charge is 2.54. The molecule has 0 radical (unpaired) electrons. The number of cyclic esters (lactones) is 1. The van der Waals surface area contributed by atoms with Gasteiger partial charge >= 0.3 is 5.97 Å². The van der Waals surface area contributed by atoms with Crippen molar-refractivity contribution < 1.29 is 34.0 Å². The molecule has 0 saturated carbocycles. The number of phenols is 2. The predicted octanol–water partition coefficient (Wildman–Crippen LogP) is 2.72. The Bertz CT molecular complexity index is 827. The molecule has 0 spiro atoms. The smallest absolute Gasteiger partial charge is 0.313 e. The fourth-order valence-corrected chi connectivity index (χ4v) is 3.87. The maximum absolute atomic E-state index is 12.6. The molecular formula is C20H20O7. The van der Waals surface area contributed by atoms with E-state index < -0.39 is 18.1 Å². The lowest BCUT2D eigenvalue weighted by atomic mass is 9.84. The Morgan fingerprint density at radius 2 is 1.48 bits per heavy atom. The number of benzene rings is 2.